The lowest BCUT2D eigenvalue weighted by molar-refractivity contribution is -0.145. The van der Waals surface area contributed by atoms with Crippen molar-refractivity contribution in [2.45, 2.75) is 30.6 Å². The zero-order valence-electron chi connectivity index (χ0n) is 11.9. The van der Waals surface area contributed by atoms with Crippen LogP contribution in [0.5, 0.6) is 0 Å². The molecule has 0 heterocycles. The van der Waals surface area contributed by atoms with Gasteiger partial charge in [-0.05, 0) is 24.6 Å². The van der Waals surface area contributed by atoms with Crippen molar-refractivity contribution in [1.29, 1.82) is 0 Å². The Kier molecular flexibility index (Phi) is 4.33. The van der Waals surface area contributed by atoms with E-state index in [2.05, 4.69) is 0 Å². The number of hydrogen-bond donors (Lipinski definition) is 1. The fourth-order valence-corrected chi connectivity index (χ4v) is 4.72. The van der Waals surface area contributed by atoms with E-state index in [-0.39, 0.29) is 12.4 Å². The minimum atomic E-state index is -3.46. The number of hydrogen-bond acceptors (Lipinski definition) is 5. The van der Waals surface area contributed by atoms with Gasteiger partial charge in [-0.2, -0.15) is 0 Å². The molecule has 0 spiro atoms. The van der Waals surface area contributed by atoms with E-state index < -0.39 is 32.5 Å². The van der Waals surface area contributed by atoms with Gasteiger partial charge in [0.15, 0.2) is 9.84 Å². The normalized spacial score (nSPS) is 28.2. The van der Waals surface area contributed by atoms with Crippen molar-refractivity contribution >= 4 is 27.4 Å². The molecule has 5 nitrogen and oxygen atoms in total. The summed E-state index contributed by atoms with van der Waals surface area (Å²) in [5.41, 5.74) is 5.27. The molecule has 0 aliphatic heterocycles. The smallest absolute Gasteiger partial charge is 0.328 e. The summed E-state index contributed by atoms with van der Waals surface area (Å²) in [6.07, 6.45) is 0. The topological polar surface area (TPSA) is 86.5 Å². The molecule has 0 radical (unpaired) electrons. The molecule has 1 aromatic carbocycles. The van der Waals surface area contributed by atoms with Crippen LogP contribution in [0.15, 0.2) is 24.3 Å². The molecule has 1 fully saturated rings. The van der Waals surface area contributed by atoms with E-state index in [0.29, 0.717) is 10.6 Å². The molecule has 0 amide bonds. The van der Waals surface area contributed by atoms with Crippen LogP contribution in [-0.4, -0.2) is 37.5 Å². The fraction of sp³-hybridized carbons (Fsp3) is 0.500. The lowest BCUT2D eigenvalue weighted by Crippen LogP contribution is -2.41. The van der Waals surface area contributed by atoms with Crippen LogP contribution < -0.4 is 5.73 Å². The maximum absolute atomic E-state index is 12.2. The summed E-state index contributed by atoms with van der Waals surface area (Å²) in [6, 6.07) is 6.69. The van der Waals surface area contributed by atoms with E-state index in [1.807, 2.05) is 0 Å². The van der Waals surface area contributed by atoms with Crippen molar-refractivity contribution < 1.29 is 17.9 Å². The molecule has 2 N–H and O–H groups in total. The highest BCUT2D eigenvalue weighted by Gasteiger charge is 2.74. The number of halogens is 1. The molecule has 7 heteroatoms. The van der Waals surface area contributed by atoms with Crippen LogP contribution in [0.3, 0.4) is 0 Å². The molecular weight excluding hydrogens is 314 g/mol. The summed E-state index contributed by atoms with van der Waals surface area (Å²) in [5, 5.41) is -0.414. The predicted molar refractivity (Wildman–Crippen MR) is 81.0 cm³/mol. The van der Waals surface area contributed by atoms with Crippen molar-refractivity contribution in [3.05, 3.63) is 34.9 Å². The number of ether oxygens (including phenoxy) is 1. The molecule has 1 saturated carbocycles. The van der Waals surface area contributed by atoms with Gasteiger partial charge in [0.2, 0.25) is 0 Å². The third-order valence-corrected chi connectivity index (χ3v) is 6.32. The van der Waals surface area contributed by atoms with Crippen molar-refractivity contribution in [2.75, 3.05) is 12.4 Å². The molecule has 3 atom stereocenters. The summed E-state index contributed by atoms with van der Waals surface area (Å²) >= 11 is 5.83. The molecular formula is C14H18ClNO4S. The first kappa shape index (κ1) is 16.3. The molecule has 2 rings (SSSR count). The number of carbonyl (C=O) groups excluding carboxylic acids is 1. The molecule has 116 valence electrons. The highest BCUT2D eigenvalue weighted by molar-refractivity contribution is 7.92. The summed E-state index contributed by atoms with van der Waals surface area (Å²) in [4.78, 5) is 12.1. The number of carbonyl (C=O) groups is 1. The molecule has 1 aliphatic carbocycles. The van der Waals surface area contributed by atoms with Gasteiger partial charge in [-0.3, -0.25) is 0 Å². The van der Waals surface area contributed by atoms with Gasteiger partial charge in [0.1, 0.15) is 5.54 Å². The van der Waals surface area contributed by atoms with Crippen LogP contribution in [0.4, 0.5) is 0 Å². The third-order valence-electron chi connectivity index (χ3n) is 3.83. The van der Waals surface area contributed by atoms with Gasteiger partial charge in [0, 0.05) is 16.7 Å². The van der Waals surface area contributed by atoms with Gasteiger partial charge >= 0.3 is 5.97 Å². The molecule has 21 heavy (non-hydrogen) atoms. The number of nitrogens with two attached hydrogens (primary N) is 1. The first-order valence-electron chi connectivity index (χ1n) is 6.72. The standard InChI is InChI=1S/C14H18ClNO4S/c1-3-20-13(17)14(16)11(12(14)21(18,19)4-2)9-5-7-10(15)8-6-9/h5-8,11-12H,3-4,16H2,1-2H3/t11-,12+,14-/m1/s1. The second-order valence-electron chi connectivity index (χ2n) is 5.05. The lowest BCUT2D eigenvalue weighted by Gasteiger charge is -2.10. The number of esters is 1. The van der Waals surface area contributed by atoms with Gasteiger partial charge in [0.25, 0.3) is 0 Å². The average molecular weight is 332 g/mol. The summed E-state index contributed by atoms with van der Waals surface area (Å²) in [6.45, 7) is 3.35. The Morgan fingerprint density at radius 3 is 2.38 bits per heavy atom. The maximum Gasteiger partial charge on any atom is 0.328 e. The lowest BCUT2D eigenvalue weighted by atomic mass is 10.1. The maximum atomic E-state index is 12.2. The molecule has 0 bridgehead atoms. The zero-order valence-corrected chi connectivity index (χ0v) is 13.4. The minimum Gasteiger partial charge on any atom is -0.465 e. The van der Waals surface area contributed by atoms with Crippen molar-refractivity contribution in [2.24, 2.45) is 5.73 Å². The van der Waals surface area contributed by atoms with Crippen molar-refractivity contribution in [1.82, 2.24) is 0 Å². The SMILES string of the molecule is CCOC(=O)[C@@]1(N)[C@H](c2ccc(Cl)cc2)[C@@H]1S(=O)(=O)CC. The van der Waals surface area contributed by atoms with Gasteiger partial charge in [-0.15, -0.1) is 0 Å². The van der Waals surface area contributed by atoms with Crippen molar-refractivity contribution in [3.63, 3.8) is 0 Å². The number of sulfone groups is 1. The number of rotatable bonds is 5. The van der Waals surface area contributed by atoms with Crippen LogP contribution >= 0.6 is 11.6 Å². The predicted octanol–water partition coefficient (Wildman–Crippen LogP) is 1.50. The fourth-order valence-electron chi connectivity index (χ4n) is 2.68. The Bertz CT molecular complexity index is 643. The summed E-state index contributed by atoms with van der Waals surface area (Å²) < 4.78 is 29.4. The highest BCUT2D eigenvalue weighted by atomic mass is 35.5. The van der Waals surface area contributed by atoms with Gasteiger partial charge in [-0.1, -0.05) is 30.7 Å². The van der Waals surface area contributed by atoms with E-state index in [9.17, 15) is 13.2 Å². The van der Waals surface area contributed by atoms with Gasteiger partial charge in [0.05, 0.1) is 11.9 Å². The largest absolute Gasteiger partial charge is 0.465 e. The van der Waals surface area contributed by atoms with E-state index in [4.69, 9.17) is 22.1 Å². The van der Waals surface area contributed by atoms with Crippen LogP contribution in [-0.2, 0) is 19.4 Å². The van der Waals surface area contributed by atoms with Crippen LogP contribution in [0.2, 0.25) is 5.02 Å². The molecule has 1 aromatic rings. The quantitative estimate of drug-likeness (QED) is 0.826. The van der Waals surface area contributed by atoms with Crippen LogP contribution in [0, 0.1) is 0 Å². The summed E-state index contributed by atoms with van der Waals surface area (Å²) in [5.74, 6) is -1.34. The molecule has 0 unspecified atom stereocenters. The van der Waals surface area contributed by atoms with Crippen molar-refractivity contribution in [3.8, 4) is 0 Å². The number of benzene rings is 1. The Morgan fingerprint density at radius 1 is 1.33 bits per heavy atom. The Hall–Kier alpha value is -1.11. The Morgan fingerprint density at radius 2 is 1.90 bits per heavy atom. The molecule has 0 aromatic heterocycles. The first-order valence-corrected chi connectivity index (χ1v) is 8.81. The zero-order chi connectivity index (χ0) is 15.8. The first-order chi connectivity index (χ1) is 9.79. The third kappa shape index (κ3) is 2.67. The van der Waals surface area contributed by atoms with Crippen LogP contribution in [0.25, 0.3) is 0 Å². The van der Waals surface area contributed by atoms with E-state index in [0.717, 1.165) is 0 Å². The second-order valence-corrected chi connectivity index (χ2v) is 7.90. The summed E-state index contributed by atoms with van der Waals surface area (Å²) in [7, 11) is -3.46. The second kappa shape index (κ2) is 5.59. The van der Waals surface area contributed by atoms with E-state index in [1.54, 1.807) is 31.2 Å². The highest BCUT2D eigenvalue weighted by Crippen LogP contribution is 2.55. The monoisotopic (exact) mass is 331 g/mol. The van der Waals surface area contributed by atoms with E-state index >= 15 is 0 Å². The van der Waals surface area contributed by atoms with Crippen LogP contribution in [0.1, 0.15) is 25.3 Å². The van der Waals surface area contributed by atoms with Gasteiger partial charge in [-0.25, -0.2) is 13.2 Å². The van der Waals surface area contributed by atoms with E-state index in [1.165, 1.54) is 6.92 Å². The molecule has 0 saturated heterocycles. The van der Waals surface area contributed by atoms with Gasteiger partial charge < -0.3 is 10.5 Å². The average Bonchev–Trinajstić information content (AvgIpc) is 3.09. The Labute approximate surface area is 129 Å². The Balaban J connectivity index is 2.42. The minimum absolute atomic E-state index is 0.0693. The molecule has 1 aliphatic rings.